The van der Waals surface area contributed by atoms with Crippen LogP contribution < -0.4 is 5.73 Å². The number of amides is 1. The lowest BCUT2D eigenvalue weighted by molar-refractivity contribution is -0.151. The van der Waals surface area contributed by atoms with Gasteiger partial charge in [0, 0.05) is 18.5 Å². The smallest absolute Gasteiger partial charge is 0.332 e. The van der Waals surface area contributed by atoms with Gasteiger partial charge in [0.1, 0.15) is 12.1 Å². The van der Waals surface area contributed by atoms with Gasteiger partial charge < -0.3 is 20.6 Å². The maximum atomic E-state index is 13.4. The summed E-state index contributed by atoms with van der Waals surface area (Å²) in [5.41, 5.74) is 5.05. The normalized spacial score (nSPS) is 19.4. The number of carbonyl (C=O) groups is 3. The Labute approximate surface area is 201 Å². The van der Waals surface area contributed by atoms with E-state index >= 15 is 0 Å². The van der Waals surface area contributed by atoms with E-state index < -0.39 is 37.3 Å². The van der Waals surface area contributed by atoms with E-state index in [-0.39, 0.29) is 25.2 Å². The Morgan fingerprint density at radius 2 is 1.88 bits per heavy atom. The molecule has 1 heterocycles. The maximum Gasteiger partial charge on any atom is 0.332 e. The lowest BCUT2D eigenvalue weighted by Crippen LogP contribution is -2.46. The van der Waals surface area contributed by atoms with Crippen molar-refractivity contribution in [3.05, 3.63) is 35.9 Å². The van der Waals surface area contributed by atoms with Crippen LogP contribution in [0, 0.1) is 0 Å². The topological polar surface area (TPSA) is 147 Å². The Balaban J connectivity index is 2.23. The Bertz CT molecular complexity index is 864. The Morgan fingerprint density at radius 1 is 1.18 bits per heavy atom. The second-order valence-electron chi connectivity index (χ2n) is 8.76. The van der Waals surface area contributed by atoms with Gasteiger partial charge in [0.25, 0.3) is 5.91 Å². The van der Waals surface area contributed by atoms with Gasteiger partial charge in [0.2, 0.25) is 0 Å². The molecule has 4 atom stereocenters. The molecule has 1 saturated heterocycles. The number of benzene rings is 1. The van der Waals surface area contributed by atoms with Crippen LogP contribution in [0.25, 0.3) is 0 Å². The summed E-state index contributed by atoms with van der Waals surface area (Å²) in [6.45, 7) is 2.59. The molecule has 1 amide bonds. The fourth-order valence-corrected chi connectivity index (χ4v) is 5.85. The van der Waals surface area contributed by atoms with E-state index in [9.17, 15) is 28.9 Å². The molecular formula is C24H37N2O7P. The van der Waals surface area contributed by atoms with Crippen molar-refractivity contribution < 1.29 is 33.5 Å². The summed E-state index contributed by atoms with van der Waals surface area (Å²) >= 11 is 0. The number of nitrogens with two attached hydrogens (primary N) is 1. The summed E-state index contributed by atoms with van der Waals surface area (Å²) in [6.07, 6.45) is 2.35. The number of unbranched alkanes of at least 4 members (excludes halogenated alkanes) is 2. The molecule has 0 saturated carbocycles. The van der Waals surface area contributed by atoms with E-state index in [0.29, 0.717) is 50.6 Å². The quantitative estimate of drug-likeness (QED) is 0.190. The predicted molar refractivity (Wildman–Crippen MR) is 129 cm³/mol. The first-order valence-corrected chi connectivity index (χ1v) is 13.7. The number of hydrogen-bond acceptors (Lipinski definition) is 6. The largest absolute Gasteiger partial charge is 0.480 e. The van der Waals surface area contributed by atoms with Crippen molar-refractivity contribution in [2.24, 2.45) is 5.73 Å². The molecule has 9 nitrogen and oxygen atoms in total. The zero-order valence-corrected chi connectivity index (χ0v) is 20.7. The number of carboxylic acid groups (broad SMARTS) is 1. The number of hydrogen-bond donors (Lipinski definition) is 3. The van der Waals surface area contributed by atoms with E-state index in [0.717, 1.165) is 6.42 Å². The number of rotatable bonds is 15. The molecule has 1 aromatic rings. The average molecular weight is 497 g/mol. The lowest BCUT2D eigenvalue weighted by Gasteiger charge is -2.30. The number of carbonyl (C=O) groups excluding carboxylic acids is 2. The van der Waals surface area contributed by atoms with Crippen molar-refractivity contribution in [1.29, 1.82) is 0 Å². The third kappa shape index (κ3) is 8.01. The van der Waals surface area contributed by atoms with Crippen molar-refractivity contribution in [3.63, 3.8) is 0 Å². The zero-order chi connectivity index (χ0) is 25.1. The van der Waals surface area contributed by atoms with Crippen LogP contribution in [-0.4, -0.2) is 63.5 Å². The van der Waals surface area contributed by atoms with E-state index in [4.69, 9.17) is 10.3 Å². The van der Waals surface area contributed by atoms with Gasteiger partial charge in [-0.3, -0.25) is 18.7 Å². The van der Waals surface area contributed by atoms with E-state index in [1.165, 1.54) is 4.90 Å². The maximum absolute atomic E-state index is 13.4. The van der Waals surface area contributed by atoms with Crippen molar-refractivity contribution in [2.45, 2.75) is 82.5 Å². The highest BCUT2D eigenvalue weighted by Gasteiger charge is 2.42. The Hall–Kier alpha value is -2.06. The van der Waals surface area contributed by atoms with Gasteiger partial charge in [-0.15, -0.1) is 0 Å². The molecule has 2 unspecified atom stereocenters. The molecule has 190 valence electrons. The first-order valence-electron chi connectivity index (χ1n) is 12.0. The van der Waals surface area contributed by atoms with Gasteiger partial charge in [-0.25, -0.2) is 4.79 Å². The second kappa shape index (κ2) is 13.7. The first kappa shape index (κ1) is 28.2. The van der Waals surface area contributed by atoms with Gasteiger partial charge >= 0.3 is 13.6 Å². The monoisotopic (exact) mass is 496 g/mol. The summed E-state index contributed by atoms with van der Waals surface area (Å²) in [5.74, 6) is -1.97. The van der Waals surface area contributed by atoms with Gasteiger partial charge in [-0.1, -0.05) is 50.1 Å². The number of likely N-dealkylation sites (tertiary alicyclic amines) is 1. The fraction of sp³-hybridized carbons (Fsp3) is 0.625. The van der Waals surface area contributed by atoms with Crippen molar-refractivity contribution in [3.8, 4) is 0 Å². The Kier molecular flexibility index (Phi) is 11.4. The van der Waals surface area contributed by atoms with Crippen LogP contribution in [0.3, 0.4) is 0 Å². The molecule has 1 fully saturated rings. The molecule has 0 aliphatic carbocycles. The number of carboxylic acids is 1. The molecular weight excluding hydrogens is 459 g/mol. The predicted octanol–water partition coefficient (Wildman–Crippen LogP) is 3.59. The summed E-state index contributed by atoms with van der Waals surface area (Å²) in [5, 5.41) is 9.46. The minimum Gasteiger partial charge on any atom is -0.480 e. The molecule has 2 rings (SSSR count). The summed E-state index contributed by atoms with van der Waals surface area (Å²) in [7, 11) is -4.40. The second-order valence-corrected chi connectivity index (χ2v) is 10.8. The highest BCUT2D eigenvalue weighted by molar-refractivity contribution is 7.53. The van der Waals surface area contributed by atoms with E-state index in [1.54, 1.807) is 30.3 Å². The number of Topliss-reactive ketones (excluding diaryl/α,β-unsaturated/α-hetero) is 1. The summed E-state index contributed by atoms with van der Waals surface area (Å²) in [6, 6.07) is 7.57. The third-order valence-corrected chi connectivity index (χ3v) is 8.08. The number of aliphatic carboxylic acids is 1. The van der Waals surface area contributed by atoms with Crippen molar-refractivity contribution in [2.75, 3.05) is 13.1 Å². The standard InChI is InChI=1S/C24H37N2O7P/c1-2-3-12-19(17-21(27)18-10-5-4-6-11-18)34(31,32)33-22(14-7-8-15-25)23(28)26-16-9-13-20(26)24(29)30/h4-6,10-11,19-20,22H,2-3,7-9,12-17,25H2,1H3,(H,29,30)(H,31,32)/t19-,20-,22?/m0/s1. The average Bonchev–Trinajstić information content (AvgIpc) is 3.31. The molecule has 0 aromatic heterocycles. The van der Waals surface area contributed by atoms with Gasteiger partial charge in [0.05, 0.1) is 5.66 Å². The van der Waals surface area contributed by atoms with Crippen LogP contribution in [0.2, 0.25) is 0 Å². The fourth-order valence-electron chi connectivity index (χ4n) is 4.21. The molecule has 10 heteroatoms. The molecule has 1 aliphatic heterocycles. The van der Waals surface area contributed by atoms with Gasteiger partial charge in [0.15, 0.2) is 5.78 Å². The summed E-state index contributed by atoms with van der Waals surface area (Å²) in [4.78, 5) is 49.8. The molecule has 0 bridgehead atoms. The van der Waals surface area contributed by atoms with Crippen LogP contribution in [-0.2, 0) is 18.7 Å². The molecule has 0 radical (unpaired) electrons. The van der Waals surface area contributed by atoms with E-state index in [2.05, 4.69) is 0 Å². The highest BCUT2D eigenvalue weighted by Crippen LogP contribution is 2.53. The van der Waals surface area contributed by atoms with Crippen molar-refractivity contribution in [1.82, 2.24) is 4.90 Å². The van der Waals surface area contributed by atoms with Crippen LogP contribution in [0.1, 0.15) is 75.1 Å². The lowest BCUT2D eigenvalue weighted by atomic mass is 10.0. The third-order valence-electron chi connectivity index (χ3n) is 6.16. The molecule has 1 aliphatic rings. The zero-order valence-electron chi connectivity index (χ0n) is 19.8. The number of ketones is 1. The molecule has 1 aromatic carbocycles. The van der Waals surface area contributed by atoms with Crippen LogP contribution >= 0.6 is 7.60 Å². The minimum atomic E-state index is -4.40. The molecule has 34 heavy (non-hydrogen) atoms. The first-order chi connectivity index (χ1) is 16.2. The van der Waals surface area contributed by atoms with E-state index in [1.807, 2.05) is 6.92 Å². The Morgan fingerprint density at radius 3 is 2.50 bits per heavy atom. The molecule has 4 N–H and O–H groups in total. The SMILES string of the molecule is CCCC[C@@H](CC(=O)c1ccccc1)P(=O)(O)OC(CCCCN)C(=O)N1CCC[C@H]1C(=O)O. The number of nitrogens with zero attached hydrogens (tertiary/aromatic N) is 1. The van der Waals surface area contributed by atoms with Gasteiger partial charge in [-0.05, 0) is 45.1 Å². The van der Waals surface area contributed by atoms with Crippen LogP contribution in [0.5, 0.6) is 0 Å². The van der Waals surface area contributed by atoms with Gasteiger partial charge in [-0.2, -0.15) is 0 Å². The van der Waals surface area contributed by atoms with Crippen LogP contribution in [0.15, 0.2) is 30.3 Å². The van der Waals surface area contributed by atoms with Crippen LogP contribution in [0.4, 0.5) is 0 Å². The molecule has 0 spiro atoms. The van der Waals surface area contributed by atoms with Crippen molar-refractivity contribution >= 4 is 25.3 Å². The highest BCUT2D eigenvalue weighted by atomic mass is 31.2. The summed E-state index contributed by atoms with van der Waals surface area (Å²) < 4.78 is 19.1. The minimum absolute atomic E-state index is 0.149.